The van der Waals surface area contributed by atoms with E-state index in [0.717, 1.165) is 10.8 Å². The number of nitrogens with one attached hydrogen (secondary N) is 1. The van der Waals surface area contributed by atoms with Crippen LogP contribution in [0, 0.1) is 0 Å². The van der Waals surface area contributed by atoms with Gasteiger partial charge in [-0.1, -0.05) is 24.3 Å². The number of anilines is 1. The van der Waals surface area contributed by atoms with Crippen LogP contribution in [0.15, 0.2) is 36.4 Å². The number of hydrogen-bond donors (Lipinski definition) is 2. The Kier molecular flexibility index (Phi) is 6.77. The Balaban J connectivity index is 2.07. The van der Waals surface area contributed by atoms with Crippen LogP contribution in [0.2, 0.25) is 0 Å². The summed E-state index contributed by atoms with van der Waals surface area (Å²) in [6, 6.07) is 10.8. The van der Waals surface area contributed by atoms with Crippen LogP contribution in [0.5, 0.6) is 5.75 Å². The van der Waals surface area contributed by atoms with Crippen LogP contribution in [0.4, 0.5) is 5.69 Å². The van der Waals surface area contributed by atoms with Gasteiger partial charge in [0.05, 0.1) is 6.10 Å². The van der Waals surface area contributed by atoms with Crippen LogP contribution in [0.1, 0.15) is 26.7 Å². The molecule has 0 atom stereocenters. The lowest BCUT2D eigenvalue weighted by atomic mass is 10.1. The minimum Gasteiger partial charge on any atom is -0.481 e. The lowest BCUT2D eigenvalue weighted by Crippen LogP contribution is -2.14. The Bertz CT molecular complexity index is 742. The van der Waals surface area contributed by atoms with Crippen LogP contribution in [-0.2, 0) is 14.3 Å². The Labute approximate surface area is 146 Å². The molecule has 0 saturated heterocycles. The molecule has 134 valence electrons. The highest BCUT2D eigenvalue weighted by atomic mass is 16.5. The van der Waals surface area contributed by atoms with Crippen molar-refractivity contribution < 1.29 is 24.2 Å². The van der Waals surface area contributed by atoms with Crippen molar-refractivity contribution in [2.24, 2.45) is 0 Å². The average molecular weight is 345 g/mol. The Morgan fingerprint density at radius 1 is 1.12 bits per heavy atom. The molecular weight excluding hydrogens is 322 g/mol. The number of ether oxygens (including phenoxy) is 2. The first kappa shape index (κ1) is 18.7. The first-order valence-electron chi connectivity index (χ1n) is 8.25. The molecule has 2 aromatic rings. The van der Waals surface area contributed by atoms with Crippen LogP contribution >= 0.6 is 0 Å². The average Bonchev–Trinajstić information content (AvgIpc) is 2.58. The molecule has 6 heteroatoms. The first-order chi connectivity index (χ1) is 12.0. The highest BCUT2D eigenvalue weighted by molar-refractivity contribution is 6.04. The summed E-state index contributed by atoms with van der Waals surface area (Å²) in [5.41, 5.74) is 0.674. The molecule has 0 spiro atoms. The molecule has 0 aliphatic rings. The van der Waals surface area contributed by atoms with E-state index in [9.17, 15) is 9.59 Å². The van der Waals surface area contributed by atoms with Gasteiger partial charge in [0.15, 0.2) is 6.61 Å². The summed E-state index contributed by atoms with van der Waals surface area (Å²) in [7, 11) is 0. The van der Waals surface area contributed by atoms with Gasteiger partial charge in [-0.3, -0.25) is 4.79 Å². The second-order valence-corrected chi connectivity index (χ2v) is 5.91. The van der Waals surface area contributed by atoms with Gasteiger partial charge in [-0.05, 0) is 32.4 Å². The number of benzene rings is 2. The van der Waals surface area contributed by atoms with Gasteiger partial charge in [-0.15, -0.1) is 0 Å². The quantitative estimate of drug-likeness (QED) is 0.680. The maximum atomic E-state index is 12.1. The minimum absolute atomic E-state index is 0.0864. The van der Waals surface area contributed by atoms with E-state index in [-0.39, 0.29) is 12.0 Å². The third-order valence-electron chi connectivity index (χ3n) is 3.51. The van der Waals surface area contributed by atoms with Gasteiger partial charge in [0.2, 0.25) is 5.91 Å². The number of carboxylic acid groups (broad SMARTS) is 1. The predicted molar refractivity (Wildman–Crippen MR) is 96.0 cm³/mol. The third-order valence-corrected chi connectivity index (χ3v) is 3.51. The zero-order valence-corrected chi connectivity index (χ0v) is 14.5. The summed E-state index contributed by atoms with van der Waals surface area (Å²) in [4.78, 5) is 22.8. The smallest absolute Gasteiger partial charge is 0.341 e. The molecule has 2 N–H and O–H groups in total. The largest absolute Gasteiger partial charge is 0.481 e. The number of aliphatic carboxylic acids is 1. The van der Waals surface area contributed by atoms with Gasteiger partial charge in [-0.25, -0.2) is 4.79 Å². The van der Waals surface area contributed by atoms with E-state index in [2.05, 4.69) is 5.32 Å². The molecule has 0 heterocycles. The fourth-order valence-corrected chi connectivity index (χ4v) is 2.41. The molecule has 25 heavy (non-hydrogen) atoms. The maximum absolute atomic E-state index is 12.1. The van der Waals surface area contributed by atoms with Crippen molar-refractivity contribution in [3.05, 3.63) is 36.4 Å². The minimum atomic E-state index is -1.04. The van der Waals surface area contributed by atoms with Gasteiger partial charge in [-0.2, -0.15) is 0 Å². The Morgan fingerprint density at radius 3 is 2.52 bits per heavy atom. The molecule has 1 amide bonds. The molecule has 0 fully saturated rings. The van der Waals surface area contributed by atoms with Gasteiger partial charge < -0.3 is 19.9 Å². The van der Waals surface area contributed by atoms with E-state index < -0.39 is 12.6 Å². The maximum Gasteiger partial charge on any atom is 0.341 e. The summed E-state index contributed by atoms with van der Waals surface area (Å²) in [5.74, 6) is -0.650. The zero-order valence-electron chi connectivity index (χ0n) is 14.5. The van der Waals surface area contributed by atoms with Crippen molar-refractivity contribution in [3.63, 3.8) is 0 Å². The van der Waals surface area contributed by atoms with E-state index in [1.165, 1.54) is 0 Å². The number of hydrogen-bond acceptors (Lipinski definition) is 4. The number of rotatable bonds is 9. The molecule has 2 rings (SSSR count). The van der Waals surface area contributed by atoms with Crippen LogP contribution < -0.4 is 10.1 Å². The van der Waals surface area contributed by atoms with Gasteiger partial charge in [0, 0.05) is 29.5 Å². The van der Waals surface area contributed by atoms with Crippen molar-refractivity contribution in [2.75, 3.05) is 18.5 Å². The van der Waals surface area contributed by atoms with E-state index in [0.29, 0.717) is 30.9 Å². The van der Waals surface area contributed by atoms with Crippen molar-refractivity contribution in [1.82, 2.24) is 0 Å². The lowest BCUT2D eigenvalue weighted by molar-refractivity contribution is -0.139. The molecule has 0 bridgehead atoms. The second-order valence-electron chi connectivity index (χ2n) is 5.91. The summed E-state index contributed by atoms with van der Waals surface area (Å²) >= 11 is 0. The van der Waals surface area contributed by atoms with Crippen LogP contribution in [0.25, 0.3) is 10.8 Å². The van der Waals surface area contributed by atoms with E-state index in [4.69, 9.17) is 14.6 Å². The first-order valence-corrected chi connectivity index (χ1v) is 8.25. The summed E-state index contributed by atoms with van der Waals surface area (Å²) < 4.78 is 10.7. The second kappa shape index (κ2) is 9.03. The summed E-state index contributed by atoms with van der Waals surface area (Å²) in [5, 5.41) is 13.2. The number of fused-ring (bicyclic) bond motifs is 1. The summed E-state index contributed by atoms with van der Waals surface area (Å²) in [6.45, 7) is 4.06. The molecular formula is C19H23NO5. The topological polar surface area (TPSA) is 84.9 Å². The SMILES string of the molecule is CC(C)OCCCC(=O)Nc1ccc(OCC(=O)O)c2ccccc12. The van der Waals surface area contributed by atoms with Crippen molar-refractivity contribution in [1.29, 1.82) is 0 Å². The molecule has 0 radical (unpaired) electrons. The number of carbonyl (C=O) groups excluding carboxylic acids is 1. The van der Waals surface area contributed by atoms with Crippen molar-refractivity contribution >= 4 is 28.3 Å². The van der Waals surface area contributed by atoms with Crippen LogP contribution in [0.3, 0.4) is 0 Å². The van der Waals surface area contributed by atoms with Crippen molar-refractivity contribution in [3.8, 4) is 5.75 Å². The predicted octanol–water partition coefficient (Wildman–Crippen LogP) is 3.45. The summed E-state index contributed by atoms with van der Waals surface area (Å²) in [6.07, 6.45) is 1.19. The third kappa shape index (κ3) is 5.76. The van der Waals surface area contributed by atoms with Crippen molar-refractivity contribution in [2.45, 2.75) is 32.8 Å². The van der Waals surface area contributed by atoms with E-state index in [1.54, 1.807) is 12.1 Å². The molecule has 0 unspecified atom stereocenters. The van der Waals surface area contributed by atoms with Gasteiger partial charge in [0.1, 0.15) is 5.75 Å². The Morgan fingerprint density at radius 2 is 1.84 bits per heavy atom. The molecule has 0 aromatic heterocycles. The standard InChI is InChI=1S/C19H23NO5/c1-13(2)24-11-5-8-18(21)20-16-9-10-17(25-12-19(22)23)15-7-4-3-6-14(15)16/h3-4,6-7,9-10,13H,5,8,11-12H2,1-2H3,(H,20,21)(H,22,23). The zero-order chi connectivity index (χ0) is 18.2. The monoisotopic (exact) mass is 345 g/mol. The normalized spacial score (nSPS) is 10.8. The highest BCUT2D eigenvalue weighted by Crippen LogP contribution is 2.31. The molecule has 0 aliphatic carbocycles. The fourth-order valence-electron chi connectivity index (χ4n) is 2.41. The number of amides is 1. The van der Waals surface area contributed by atoms with Crippen LogP contribution in [-0.4, -0.2) is 36.3 Å². The molecule has 0 aliphatic heterocycles. The molecule has 2 aromatic carbocycles. The fraction of sp³-hybridized carbons (Fsp3) is 0.368. The van der Waals surface area contributed by atoms with Gasteiger partial charge >= 0.3 is 5.97 Å². The van der Waals surface area contributed by atoms with E-state index in [1.807, 2.05) is 38.1 Å². The van der Waals surface area contributed by atoms with E-state index >= 15 is 0 Å². The molecule has 6 nitrogen and oxygen atoms in total. The number of carboxylic acids is 1. The molecule has 0 saturated carbocycles. The highest BCUT2D eigenvalue weighted by Gasteiger charge is 2.10. The number of carbonyl (C=O) groups is 2. The Hall–Kier alpha value is -2.60. The lowest BCUT2D eigenvalue weighted by Gasteiger charge is -2.13. The van der Waals surface area contributed by atoms with Gasteiger partial charge in [0.25, 0.3) is 0 Å².